The minimum absolute atomic E-state index is 0.0267. The van der Waals surface area contributed by atoms with Gasteiger partial charge in [-0.2, -0.15) is 4.31 Å². The predicted octanol–water partition coefficient (Wildman–Crippen LogP) is 1.26. The highest BCUT2D eigenvalue weighted by molar-refractivity contribution is 7.99. The van der Waals surface area contributed by atoms with Gasteiger partial charge in [0.1, 0.15) is 0 Å². The Balaban J connectivity index is 1.92. The second-order valence-electron chi connectivity index (χ2n) is 6.16. The molecule has 0 spiro atoms. The van der Waals surface area contributed by atoms with Crippen LogP contribution < -0.4 is 4.90 Å². The van der Waals surface area contributed by atoms with Gasteiger partial charge in [-0.05, 0) is 24.3 Å². The molecule has 1 saturated heterocycles. The number of nitrogens with one attached hydrogen (secondary N) is 1. The Morgan fingerprint density at radius 2 is 1.77 bits per heavy atom. The van der Waals surface area contributed by atoms with Crippen LogP contribution in [0, 0.1) is 10.1 Å². The molecule has 9 heteroatoms. The van der Waals surface area contributed by atoms with Crippen molar-refractivity contribution in [3.05, 3.63) is 58.6 Å². The molecular formula is C17H20N3O4S2+. The lowest BCUT2D eigenvalue weighted by molar-refractivity contribution is -0.883. The van der Waals surface area contributed by atoms with Crippen molar-refractivity contribution < 1.29 is 18.2 Å². The lowest BCUT2D eigenvalue weighted by atomic mass is 10.3. The summed E-state index contributed by atoms with van der Waals surface area (Å²) in [7, 11) is -1.71. The van der Waals surface area contributed by atoms with E-state index >= 15 is 0 Å². The Labute approximate surface area is 156 Å². The third-order valence-electron chi connectivity index (χ3n) is 4.31. The van der Waals surface area contributed by atoms with Gasteiger partial charge >= 0.3 is 0 Å². The van der Waals surface area contributed by atoms with Crippen LogP contribution in [0.1, 0.15) is 0 Å². The van der Waals surface area contributed by atoms with Crippen LogP contribution in [0.4, 0.5) is 5.69 Å². The van der Waals surface area contributed by atoms with Gasteiger partial charge in [-0.15, -0.1) is 0 Å². The third kappa shape index (κ3) is 4.07. The topological polar surface area (TPSA) is 85.0 Å². The molecule has 2 aromatic rings. The summed E-state index contributed by atoms with van der Waals surface area (Å²) < 4.78 is 27.1. The third-order valence-corrected chi connectivity index (χ3v) is 7.28. The molecular weight excluding hydrogens is 374 g/mol. The Morgan fingerprint density at radius 1 is 1.12 bits per heavy atom. The number of benzene rings is 2. The molecule has 0 bridgehead atoms. The fourth-order valence-corrected chi connectivity index (χ4v) is 5.14. The standard InChI is InChI=1S/C17H19N3O4S2/c1-18-9-11-19(12-10-18)26(23,24)15-7-8-17(16(13-15)20(21)22)25-14-5-3-2-4-6-14/h2-8,13H,9-12H2,1H3/p+1. The van der Waals surface area contributed by atoms with Crippen LogP contribution in [0.2, 0.25) is 0 Å². The number of rotatable bonds is 5. The van der Waals surface area contributed by atoms with Gasteiger partial charge in [0.25, 0.3) is 5.69 Å². The molecule has 0 amide bonds. The van der Waals surface area contributed by atoms with E-state index in [0.717, 1.165) is 18.0 Å². The lowest BCUT2D eigenvalue weighted by Gasteiger charge is -2.29. The van der Waals surface area contributed by atoms with Crippen LogP contribution in [-0.2, 0) is 10.0 Å². The van der Waals surface area contributed by atoms with E-state index in [9.17, 15) is 18.5 Å². The minimum Gasteiger partial charge on any atom is -0.335 e. The zero-order chi connectivity index (χ0) is 18.7. The molecule has 0 aliphatic carbocycles. The maximum Gasteiger partial charge on any atom is 0.284 e. The van der Waals surface area contributed by atoms with E-state index in [2.05, 4.69) is 0 Å². The number of hydrogen-bond donors (Lipinski definition) is 1. The van der Waals surface area contributed by atoms with E-state index in [1.807, 2.05) is 37.4 Å². The Kier molecular flexibility index (Phi) is 5.61. The van der Waals surface area contributed by atoms with Crippen molar-refractivity contribution in [2.24, 2.45) is 0 Å². The van der Waals surface area contributed by atoms with Gasteiger partial charge < -0.3 is 4.90 Å². The molecule has 2 aromatic carbocycles. The molecule has 1 heterocycles. The van der Waals surface area contributed by atoms with Crippen LogP contribution in [-0.4, -0.2) is 50.9 Å². The van der Waals surface area contributed by atoms with E-state index in [-0.39, 0.29) is 10.6 Å². The molecule has 0 atom stereocenters. The summed E-state index contributed by atoms with van der Waals surface area (Å²) in [6.07, 6.45) is 0. The fourth-order valence-electron chi connectivity index (χ4n) is 2.76. The average molecular weight is 394 g/mol. The summed E-state index contributed by atoms with van der Waals surface area (Å²) in [5.74, 6) is 0. The zero-order valence-corrected chi connectivity index (χ0v) is 15.9. The first-order valence-electron chi connectivity index (χ1n) is 8.21. The number of quaternary nitrogens is 1. The molecule has 1 N–H and O–H groups in total. The smallest absolute Gasteiger partial charge is 0.284 e. The van der Waals surface area contributed by atoms with Crippen LogP contribution in [0.25, 0.3) is 0 Å². The summed E-state index contributed by atoms with van der Waals surface area (Å²) in [6, 6.07) is 13.4. The highest BCUT2D eigenvalue weighted by Gasteiger charge is 2.31. The van der Waals surface area contributed by atoms with Gasteiger partial charge in [-0.3, -0.25) is 10.1 Å². The van der Waals surface area contributed by atoms with E-state index < -0.39 is 14.9 Å². The van der Waals surface area contributed by atoms with Crippen LogP contribution in [0.3, 0.4) is 0 Å². The maximum absolute atomic E-state index is 12.8. The quantitative estimate of drug-likeness (QED) is 0.610. The van der Waals surface area contributed by atoms with E-state index in [4.69, 9.17) is 0 Å². The summed E-state index contributed by atoms with van der Waals surface area (Å²) in [6.45, 7) is 2.29. The van der Waals surface area contributed by atoms with Crippen molar-refractivity contribution in [1.29, 1.82) is 0 Å². The van der Waals surface area contributed by atoms with Crippen molar-refractivity contribution >= 4 is 27.5 Å². The highest BCUT2D eigenvalue weighted by atomic mass is 32.2. The molecule has 7 nitrogen and oxygen atoms in total. The SMILES string of the molecule is C[NH+]1CCN(S(=O)(=O)c2ccc(Sc3ccccc3)c([N+](=O)[O-])c2)CC1. The first kappa shape index (κ1) is 18.8. The van der Waals surface area contributed by atoms with Crippen molar-refractivity contribution in [3.63, 3.8) is 0 Å². The molecule has 1 aliphatic heterocycles. The lowest BCUT2D eigenvalue weighted by Crippen LogP contribution is -3.12. The molecule has 1 aliphatic rings. The molecule has 1 fully saturated rings. The second-order valence-corrected chi connectivity index (χ2v) is 9.22. The number of likely N-dealkylation sites (N-methyl/N-ethyl adjacent to an activating group) is 1. The highest BCUT2D eigenvalue weighted by Crippen LogP contribution is 2.36. The second kappa shape index (κ2) is 7.75. The molecule has 138 valence electrons. The van der Waals surface area contributed by atoms with Gasteiger partial charge in [0.05, 0.1) is 47.9 Å². The summed E-state index contributed by atoms with van der Waals surface area (Å²) in [5.41, 5.74) is -0.195. The van der Waals surface area contributed by atoms with E-state index in [0.29, 0.717) is 18.0 Å². The first-order chi connectivity index (χ1) is 12.4. The van der Waals surface area contributed by atoms with Gasteiger partial charge in [0.2, 0.25) is 10.0 Å². The largest absolute Gasteiger partial charge is 0.335 e. The molecule has 0 unspecified atom stereocenters. The molecule has 26 heavy (non-hydrogen) atoms. The molecule has 0 aromatic heterocycles. The summed E-state index contributed by atoms with van der Waals surface area (Å²) >= 11 is 1.24. The van der Waals surface area contributed by atoms with Gasteiger partial charge in [0, 0.05) is 11.0 Å². The monoisotopic (exact) mass is 394 g/mol. The minimum atomic E-state index is -3.72. The van der Waals surface area contributed by atoms with Gasteiger partial charge in [0.15, 0.2) is 0 Å². The molecule has 0 saturated carbocycles. The predicted molar refractivity (Wildman–Crippen MR) is 99.0 cm³/mol. The van der Waals surface area contributed by atoms with Crippen molar-refractivity contribution in [1.82, 2.24) is 4.31 Å². The maximum atomic E-state index is 12.8. The van der Waals surface area contributed by atoms with E-state index in [1.165, 1.54) is 39.2 Å². The summed E-state index contributed by atoms with van der Waals surface area (Å²) in [4.78, 5) is 13.5. The number of nitrogens with zero attached hydrogens (tertiary/aromatic N) is 2. The van der Waals surface area contributed by atoms with Crippen LogP contribution in [0.5, 0.6) is 0 Å². The van der Waals surface area contributed by atoms with Crippen molar-refractivity contribution in [2.45, 2.75) is 14.7 Å². The summed E-state index contributed by atoms with van der Waals surface area (Å²) in [5, 5.41) is 11.5. The van der Waals surface area contributed by atoms with Gasteiger partial charge in [-0.1, -0.05) is 30.0 Å². The number of nitro groups is 1. The Morgan fingerprint density at radius 3 is 2.38 bits per heavy atom. The van der Waals surface area contributed by atoms with Crippen molar-refractivity contribution in [2.75, 3.05) is 33.2 Å². The first-order valence-corrected chi connectivity index (χ1v) is 10.5. The van der Waals surface area contributed by atoms with Crippen LogP contribution in [0.15, 0.2) is 63.2 Å². The number of hydrogen-bond acceptors (Lipinski definition) is 5. The zero-order valence-electron chi connectivity index (χ0n) is 14.3. The Hall–Kier alpha value is -1.94. The number of piperazine rings is 1. The molecule has 3 rings (SSSR count). The normalized spacial score (nSPS) is 16.5. The number of nitro benzene ring substituents is 1. The van der Waals surface area contributed by atoms with Crippen LogP contribution >= 0.6 is 11.8 Å². The molecule has 0 radical (unpaired) electrons. The number of sulfonamides is 1. The fraction of sp³-hybridized carbons (Fsp3) is 0.294. The van der Waals surface area contributed by atoms with Crippen molar-refractivity contribution in [3.8, 4) is 0 Å². The Bertz CT molecular complexity index is 895. The van der Waals surface area contributed by atoms with Gasteiger partial charge in [-0.25, -0.2) is 8.42 Å². The van der Waals surface area contributed by atoms with E-state index in [1.54, 1.807) is 0 Å². The average Bonchev–Trinajstić information content (AvgIpc) is 2.63.